The number of benzene rings is 1. The van der Waals surface area contributed by atoms with Gasteiger partial charge in [0, 0.05) is 10.2 Å². The van der Waals surface area contributed by atoms with E-state index in [1.54, 1.807) is 0 Å². The fraction of sp³-hybridized carbons (Fsp3) is 0.375. The summed E-state index contributed by atoms with van der Waals surface area (Å²) < 4.78 is 0.999. The Kier molecular flexibility index (Phi) is 2.92. The minimum atomic E-state index is -0.112. The van der Waals surface area contributed by atoms with Gasteiger partial charge >= 0.3 is 0 Å². The zero-order valence-electron chi connectivity index (χ0n) is 11.3. The number of fused-ring (bicyclic) bond motifs is 5. The number of hydrogen-bond acceptors (Lipinski definition) is 3. The Bertz CT molecular complexity index is 610. The molecular formula is C16H15BrN2O2. The number of halogens is 1. The fourth-order valence-electron chi connectivity index (χ4n) is 3.86. The van der Waals surface area contributed by atoms with E-state index >= 15 is 0 Å². The molecule has 2 fully saturated rings. The lowest BCUT2D eigenvalue weighted by molar-refractivity contribution is -0.140. The van der Waals surface area contributed by atoms with Gasteiger partial charge in [0.05, 0.1) is 18.5 Å². The predicted molar refractivity (Wildman–Crippen MR) is 82.2 cm³/mol. The lowest BCUT2D eigenvalue weighted by Crippen LogP contribution is -2.37. The minimum Gasteiger partial charge on any atom is -0.367 e. The van der Waals surface area contributed by atoms with E-state index in [1.165, 1.54) is 4.90 Å². The van der Waals surface area contributed by atoms with Gasteiger partial charge in [0.2, 0.25) is 11.8 Å². The summed E-state index contributed by atoms with van der Waals surface area (Å²) in [7, 11) is 0. The first-order valence-electron chi connectivity index (χ1n) is 7.18. The Morgan fingerprint density at radius 1 is 1.05 bits per heavy atom. The largest absolute Gasteiger partial charge is 0.367 e. The number of carbonyl (C=O) groups excluding carboxylic acids is 2. The van der Waals surface area contributed by atoms with Crippen molar-refractivity contribution in [2.75, 3.05) is 12.0 Å². The van der Waals surface area contributed by atoms with Crippen LogP contribution in [0.2, 0.25) is 0 Å². The number of anilines is 1. The molecule has 4 atom stereocenters. The Labute approximate surface area is 131 Å². The zero-order valence-corrected chi connectivity index (χ0v) is 12.9. The van der Waals surface area contributed by atoms with Gasteiger partial charge in [-0.1, -0.05) is 28.1 Å². The SMILES string of the molecule is O=C1C2C3C=CC(C3)C2C(=O)N1CNc1ccc(Br)cc1. The second kappa shape index (κ2) is 4.70. The summed E-state index contributed by atoms with van der Waals surface area (Å²) in [6, 6.07) is 7.69. The first kappa shape index (κ1) is 13.1. The van der Waals surface area contributed by atoms with Crippen molar-refractivity contribution in [3.05, 3.63) is 40.9 Å². The number of carbonyl (C=O) groups is 2. The first-order chi connectivity index (χ1) is 10.1. The van der Waals surface area contributed by atoms with Gasteiger partial charge in [0.25, 0.3) is 0 Å². The second-order valence-corrected chi connectivity index (χ2v) is 6.86. The fourth-order valence-corrected chi connectivity index (χ4v) is 4.12. The van der Waals surface area contributed by atoms with Crippen molar-refractivity contribution < 1.29 is 9.59 Å². The summed E-state index contributed by atoms with van der Waals surface area (Å²) in [6.07, 6.45) is 5.20. The standard InChI is InChI=1S/C16H15BrN2O2/c17-11-3-5-12(6-4-11)18-8-19-15(20)13-9-1-2-10(7-9)14(13)16(19)21/h1-6,9-10,13-14,18H,7-8H2. The molecule has 1 heterocycles. The average molecular weight is 347 g/mol. The second-order valence-electron chi connectivity index (χ2n) is 5.95. The molecule has 108 valence electrons. The first-order valence-corrected chi connectivity index (χ1v) is 7.97. The highest BCUT2D eigenvalue weighted by Gasteiger charge is 2.59. The van der Waals surface area contributed by atoms with Crippen LogP contribution in [-0.4, -0.2) is 23.4 Å². The highest BCUT2D eigenvalue weighted by molar-refractivity contribution is 9.10. The summed E-state index contributed by atoms with van der Waals surface area (Å²) in [5.74, 6) is 0.305. The van der Waals surface area contributed by atoms with Gasteiger partial charge in [0.15, 0.2) is 0 Å². The Hall–Kier alpha value is -1.62. The maximum Gasteiger partial charge on any atom is 0.235 e. The van der Waals surface area contributed by atoms with Crippen LogP contribution < -0.4 is 5.32 Å². The van der Waals surface area contributed by atoms with E-state index in [0.29, 0.717) is 0 Å². The average Bonchev–Trinajstić information content (AvgIpc) is 3.14. The number of allylic oxidation sites excluding steroid dienone is 2. The number of nitrogens with zero attached hydrogens (tertiary/aromatic N) is 1. The molecule has 0 spiro atoms. The summed E-state index contributed by atoms with van der Waals surface area (Å²) in [5, 5.41) is 3.16. The third-order valence-corrected chi connectivity index (χ3v) is 5.38. The molecule has 0 aromatic heterocycles. The van der Waals surface area contributed by atoms with Crippen LogP contribution in [0.4, 0.5) is 5.69 Å². The number of amides is 2. The number of imide groups is 1. The molecule has 2 aliphatic carbocycles. The van der Waals surface area contributed by atoms with Crippen molar-refractivity contribution in [2.24, 2.45) is 23.7 Å². The summed E-state index contributed by atoms with van der Waals surface area (Å²) in [6.45, 7) is 0.256. The van der Waals surface area contributed by atoms with Crippen molar-refractivity contribution >= 4 is 33.4 Å². The van der Waals surface area contributed by atoms with Gasteiger partial charge in [-0.15, -0.1) is 0 Å². The van der Waals surface area contributed by atoms with Gasteiger partial charge in [-0.2, -0.15) is 0 Å². The molecule has 5 heteroatoms. The number of nitrogens with one attached hydrogen (secondary N) is 1. The van der Waals surface area contributed by atoms with E-state index < -0.39 is 0 Å². The molecule has 3 aliphatic rings. The van der Waals surface area contributed by atoms with Crippen LogP contribution in [0.5, 0.6) is 0 Å². The molecule has 4 unspecified atom stereocenters. The van der Waals surface area contributed by atoms with E-state index in [4.69, 9.17) is 0 Å². The third-order valence-electron chi connectivity index (χ3n) is 4.85. The van der Waals surface area contributed by atoms with Crippen LogP contribution in [0.1, 0.15) is 6.42 Å². The van der Waals surface area contributed by atoms with E-state index in [0.717, 1.165) is 16.6 Å². The number of likely N-dealkylation sites (tertiary alicyclic amines) is 1. The van der Waals surface area contributed by atoms with Crippen molar-refractivity contribution in [3.63, 3.8) is 0 Å². The van der Waals surface area contributed by atoms with Crippen LogP contribution in [0.3, 0.4) is 0 Å². The third kappa shape index (κ3) is 1.94. The lowest BCUT2D eigenvalue weighted by atomic mass is 9.85. The van der Waals surface area contributed by atoms with Crippen LogP contribution >= 0.6 is 15.9 Å². The molecule has 1 aliphatic heterocycles. The van der Waals surface area contributed by atoms with Gasteiger partial charge in [-0.05, 0) is 42.5 Å². The molecule has 21 heavy (non-hydrogen) atoms. The van der Waals surface area contributed by atoms with E-state index in [-0.39, 0.29) is 42.2 Å². The Balaban J connectivity index is 1.48. The zero-order chi connectivity index (χ0) is 14.6. The molecule has 1 saturated carbocycles. The quantitative estimate of drug-likeness (QED) is 0.676. The molecule has 4 rings (SSSR count). The highest BCUT2D eigenvalue weighted by Crippen LogP contribution is 2.52. The number of rotatable bonds is 3. The molecular weight excluding hydrogens is 332 g/mol. The van der Waals surface area contributed by atoms with Crippen LogP contribution in [0.25, 0.3) is 0 Å². The summed E-state index contributed by atoms with van der Waals surface area (Å²) >= 11 is 3.38. The molecule has 4 nitrogen and oxygen atoms in total. The molecule has 2 bridgehead atoms. The monoisotopic (exact) mass is 346 g/mol. The van der Waals surface area contributed by atoms with Crippen LogP contribution in [-0.2, 0) is 9.59 Å². The van der Waals surface area contributed by atoms with Crippen LogP contribution in [0, 0.1) is 23.7 Å². The van der Waals surface area contributed by atoms with E-state index in [9.17, 15) is 9.59 Å². The van der Waals surface area contributed by atoms with E-state index in [2.05, 4.69) is 33.4 Å². The normalized spacial score (nSPS) is 32.9. The van der Waals surface area contributed by atoms with Gasteiger partial charge < -0.3 is 5.32 Å². The molecule has 0 radical (unpaired) electrons. The maximum absolute atomic E-state index is 12.5. The molecule has 1 saturated heterocycles. The minimum absolute atomic E-state index is 0.00791. The van der Waals surface area contributed by atoms with Crippen molar-refractivity contribution in [1.29, 1.82) is 0 Å². The van der Waals surface area contributed by atoms with Crippen LogP contribution in [0.15, 0.2) is 40.9 Å². The topological polar surface area (TPSA) is 49.4 Å². The maximum atomic E-state index is 12.5. The Morgan fingerprint density at radius 3 is 2.19 bits per heavy atom. The van der Waals surface area contributed by atoms with Gasteiger partial charge in [-0.25, -0.2) is 0 Å². The van der Waals surface area contributed by atoms with Crippen molar-refractivity contribution in [2.45, 2.75) is 6.42 Å². The van der Waals surface area contributed by atoms with Gasteiger partial charge in [0.1, 0.15) is 0 Å². The molecule has 2 amide bonds. The summed E-state index contributed by atoms with van der Waals surface area (Å²) in [4.78, 5) is 26.4. The number of hydrogen-bond donors (Lipinski definition) is 1. The Morgan fingerprint density at radius 2 is 1.62 bits per heavy atom. The van der Waals surface area contributed by atoms with Gasteiger partial charge in [-0.3, -0.25) is 14.5 Å². The molecule has 1 aromatic carbocycles. The van der Waals surface area contributed by atoms with Crippen molar-refractivity contribution in [1.82, 2.24) is 4.90 Å². The van der Waals surface area contributed by atoms with Crippen molar-refractivity contribution in [3.8, 4) is 0 Å². The highest BCUT2D eigenvalue weighted by atomic mass is 79.9. The summed E-state index contributed by atoms with van der Waals surface area (Å²) in [5.41, 5.74) is 0.900. The van der Waals surface area contributed by atoms with E-state index in [1.807, 2.05) is 24.3 Å². The molecule has 1 aromatic rings. The molecule has 1 N–H and O–H groups in total. The lowest BCUT2D eigenvalue weighted by Gasteiger charge is -2.18. The smallest absolute Gasteiger partial charge is 0.235 e. The predicted octanol–water partition coefficient (Wildman–Crippen LogP) is 2.63.